The van der Waals surface area contributed by atoms with Gasteiger partial charge in [0.15, 0.2) is 5.82 Å². The molecule has 2 saturated carbocycles. The van der Waals surface area contributed by atoms with Gasteiger partial charge in [-0.25, -0.2) is 19.3 Å². The average Bonchev–Trinajstić information content (AvgIpc) is 3.75. The number of aliphatic hydroxyl groups is 1. The molecule has 4 aromatic rings. The monoisotopic (exact) mass is 469 g/mol. The normalized spacial score (nSPS) is 16.5. The van der Waals surface area contributed by atoms with Crippen LogP contribution in [0.25, 0.3) is 17.1 Å². The summed E-state index contributed by atoms with van der Waals surface area (Å²) >= 11 is 0. The van der Waals surface area contributed by atoms with Crippen molar-refractivity contribution in [3.63, 3.8) is 0 Å². The van der Waals surface area contributed by atoms with Crippen molar-refractivity contribution >= 4 is 11.6 Å². The third kappa shape index (κ3) is 4.01. The number of nitrogens with one attached hydrogen (secondary N) is 1. The molecular weight excluding hydrogens is 438 g/mol. The number of benzene rings is 1. The molecule has 1 aromatic carbocycles. The van der Waals surface area contributed by atoms with Crippen LogP contribution in [-0.2, 0) is 12.1 Å². The largest absolute Gasteiger partial charge is 0.385 e. The fraction of sp³-hybridized carbons (Fsp3) is 0.407. The maximum absolute atomic E-state index is 10.7. The van der Waals surface area contributed by atoms with Crippen molar-refractivity contribution in [3.8, 4) is 17.1 Å². The second kappa shape index (κ2) is 8.02. The molecule has 0 aliphatic heterocycles. The summed E-state index contributed by atoms with van der Waals surface area (Å²) in [5.41, 5.74) is 6.38. The quantitative estimate of drug-likeness (QED) is 0.400. The van der Waals surface area contributed by atoms with Crippen LogP contribution in [0, 0.1) is 33.6 Å². The molecule has 2 aliphatic rings. The zero-order valence-corrected chi connectivity index (χ0v) is 20.7. The van der Waals surface area contributed by atoms with E-state index in [0.717, 1.165) is 59.0 Å². The summed E-state index contributed by atoms with van der Waals surface area (Å²) in [6, 6.07) is 10.4. The summed E-state index contributed by atoms with van der Waals surface area (Å²) in [6.07, 6.45) is 5.62. The van der Waals surface area contributed by atoms with Crippen LogP contribution in [0.15, 0.2) is 36.7 Å². The van der Waals surface area contributed by atoms with Crippen molar-refractivity contribution in [2.24, 2.45) is 5.92 Å². The van der Waals surface area contributed by atoms with Crippen molar-refractivity contribution in [3.05, 3.63) is 64.7 Å². The van der Waals surface area contributed by atoms with Crippen molar-refractivity contribution in [2.75, 3.05) is 5.32 Å². The third-order valence-electron chi connectivity index (χ3n) is 7.24. The highest BCUT2D eigenvalue weighted by Gasteiger charge is 2.46. The van der Waals surface area contributed by atoms with Gasteiger partial charge in [0.05, 0.1) is 17.0 Å². The Morgan fingerprint density at radius 2 is 1.77 bits per heavy atom. The number of rotatable bonds is 7. The van der Waals surface area contributed by atoms with Crippen LogP contribution in [0.1, 0.15) is 53.8 Å². The van der Waals surface area contributed by atoms with Gasteiger partial charge in [0.2, 0.25) is 0 Å². The van der Waals surface area contributed by atoms with E-state index in [9.17, 15) is 5.11 Å². The molecule has 35 heavy (non-hydrogen) atoms. The van der Waals surface area contributed by atoms with Gasteiger partial charge in [0, 0.05) is 35.0 Å². The summed E-state index contributed by atoms with van der Waals surface area (Å²) in [6.45, 7) is 9.04. The van der Waals surface area contributed by atoms with E-state index in [2.05, 4.69) is 63.2 Å². The molecule has 2 N–H and O–H groups in total. The Morgan fingerprint density at radius 3 is 2.46 bits per heavy atom. The van der Waals surface area contributed by atoms with Gasteiger partial charge in [-0.1, -0.05) is 29.8 Å². The summed E-state index contributed by atoms with van der Waals surface area (Å²) in [4.78, 5) is 8.98. The van der Waals surface area contributed by atoms with Crippen LogP contribution in [0.2, 0.25) is 0 Å². The molecule has 0 unspecified atom stereocenters. The molecule has 0 atom stereocenters. The molecule has 0 radical (unpaired) electrons. The van der Waals surface area contributed by atoms with Gasteiger partial charge in [-0.2, -0.15) is 10.2 Å². The second-order valence-corrected chi connectivity index (χ2v) is 10.2. The molecule has 0 saturated heterocycles. The van der Waals surface area contributed by atoms with E-state index in [1.54, 1.807) is 11.0 Å². The molecule has 0 amide bonds. The minimum absolute atomic E-state index is 0.670. The highest BCUT2D eigenvalue weighted by atomic mass is 16.3. The van der Waals surface area contributed by atoms with E-state index in [-0.39, 0.29) is 0 Å². The van der Waals surface area contributed by atoms with E-state index in [1.165, 1.54) is 18.4 Å². The van der Waals surface area contributed by atoms with Gasteiger partial charge in [-0.3, -0.25) is 0 Å². The Bertz CT molecular complexity index is 1410. The fourth-order valence-electron chi connectivity index (χ4n) is 4.93. The van der Waals surface area contributed by atoms with Crippen molar-refractivity contribution in [1.29, 1.82) is 0 Å². The first-order valence-electron chi connectivity index (χ1n) is 12.4. The summed E-state index contributed by atoms with van der Waals surface area (Å²) in [7, 11) is 0. The summed E-state index contributed by atoms with van der Waals surface area (Å²) < 4.78 is 3.90. The first-order valence-corrected chi connectivity index (χ1v) is 12.4. The maximum atomic E-state index is 10.7. The number of hydrogen-bond donors (Lipinski definition) is 2. The lowest BCUT2D eigenvalue weighted by molar-refractivity contribution is 0.150. The molecule has 0 spiro atoms. The molecule has 0 bridgehead atoms. The molecule has 8 heteroatoms. The Hall–Kier alpha value is -3.52. The highest BCUT2D eigenvalue weighted by Crippen LogP contribution is 2.48. The van der Waals surface area contributed by atoms with Gasteiger partial charge >= 0.3 is 0 Å². The molecular formula is C27H31N7O. The molecule has 3 heterocycles. The van der Waals surface area contributed by atoms with E-state index in [1.807, 2.05) is 19.9 Å². The number of aromatic nitrogens is 6. The van der Waals surface area contributed by atoms with Crippen molar-refractivity contribution in [2.45, 2.75) is 65.5 Å². The number of aryl methyl sites for hydroxylation is 2. The van der Waals surface area contributed by atoms with Crippen LogP contribution in [0.3, 0.4) is 0 Å². The highest BCUT2D eigenvalue weighted by molar-refractivity contribution is 5.71. The van der Waals surface area contributed by atoms with Gasteiger partial charge < -0.3 is 10.4 Å². The smallest absolute Gasteiger partial charge is 0.159 e. The molecule has 8 nitrogen and oxygen atoms in total. The topological polar surface area (TPSA) is 93.7 Å². The molecule has 2 aliphatic carbocycles. The van der Waals surface area contributed by atoms with Crippen LogP contribution >= 0.6 is 0 Å². The Balaban J connectivity index is 1.36. The number of hydrogen-bond acceptors (Lipinski definition) is 6. The predicted molar refractivity (Wildman–Crippen MR) is 135 cm³/mol. The Kier molecular flexibility index (Phi) is 5.03. The van der Waals surface area contributed by atoms with Crippen LogP contribution in [0.5, 0.6) is 0 Å². The lowest BCUT2D eigenvalue weighted by atomic mass is 10.1. The predicted octanol–water partition coefficient (Wildman–Crippen LogP) is 4.89. The summed E-state index contributed by atoms with van der Waals surface area (Å²) in [5.74, 6) is 2.99. The van der Waals surface area contributed by atoms with Crippen LogP contribution in [0.4, 0.5) is 11.6 Å². The maximum Gasteiger partial charge on any atom is 0.159 e. The zero-order chi connectivity index (χ0) is 24.3. The minimum atomic E-state index is -0.737. The van der Waals surface area contributed by atoms with Crippen LogP contribution < -0.4 is 5.32 Å². The molecule has 180 valence electrons. The van der Waals surface area contributed by atoms with E-state index >= 15 is 0 Å². The first-order chi connectivity index (χ1) is 16.8. The van der Waals surface area contributed by atoms with Crippen molar-refractivity contribution < 1.29 is 5.11 Å². The third-order valence-corrected chi connectivity index (χ3v) is 7.24. The zero-order valence-electron chi connectivity index (χ0n) is 20.7. The Labute approximate surface area is 205 Å². The van der Waals surface area contributed by atoms with E-state index < -0.39 is 5.60 Å². The van der Waals surface area contributed by atoms with Gasteiger partial charge in [-0.05, 0) is 59.3 Å². The minimum Gasteiger partial charge on any atom is -0.385 e. The van der Waals surface area contributed by atoms with Crippen LogP contribution in [-0.4, -0.2) is 34.6 Å². The molecule has 3 aromatic heterocycles. The fourth-order valence-corrected chi connectivity index (χ4v) is 4.93. The standard InChI is InChI=1S/C27H31N7O/c1-16-5-9-21(10-6-16)25-17(2)26(33(32-25)14-20-7-8-20)30-22-13-23(29-15-28-22)34-19(4)24(18(3)31-34)27(35)11-12-27/h5-6,9-10,13,15,20,35H,7-8,11-12,14H2,1-4H3,(H,28,29,30). The SMILES string of the molecule is Cc1ccc(-c2nn(CC3CC3)c(Nc3cc(-n4nc(C)c(C5(O)CC5)c4C)ncn3)c2C)cc1. The second-order valence-electron chi connectivity index (χ2n) is 10.2. The lowest BCUT2D eigenvalue weighted by Crippen LogP contribution is -2.10. The summed E-state index contributed by atoms with van der Waals surface area (Å²) in [5, 5.41) is 23.9. The van der Waals surface area contributed by atoms with Crippen molar-refractivity contribution in [1.82, 2.24) is 29.5 Å². The van der Waals surface area contributed by atoms with Gasteiger partial charge in [-0.15, -0.1) is 0 Å². The van der Waals surface area contributed by atoms with Gasteiger partial charge in [0.25, 0.3) is 0 Å². The first kappa shape index (κ1) is 22.0. The number of anilines is 2. The van der Waals surface area contributed by atoms with Gasteiger partial charge in [0.1, 0.15) is 18.0 Å². The van der Waals surface area contributed by atoms with E-state index in [4.69, 9.17) is 5.10 Å². The Morgan fingerprint density at radius 1 is 1.03 bits per heavy atom. The molecule has 6 rings (SSSR count). The average molecular weight is 470 g/mol. The number of nitrogens with zero attached hydrogens (tertiary/aromatic N) is 6. The van der Waals surface area contributed by atoms with E-state index in [0.29, 0.717) is 17.6 Å². The lowest BCUT2D eigenvalue weighted by Gasteiger charge is -2.12. The molecule has 2 fully saturated rings.